The van der Waals surface area contributed by atoms with Crippen molar-refractivity contribution in [2.45, 2.75) is 13.8 Å². The van der Waals surface area contributed by atoms with Gasteiger partial charge >= 0.3 is 0 Å². The van der Waals surface area contributed by atoms with Crippen molar-refractivity contribution in [3.05, 3.63) is 27.8 Å². The maximum atomic E-state index is 5.73. The summed E-state index contributed by atoms with van der Waals surface area (Å²) in [5, 5.41) is 3.46. The van der Waals surface area contributed by atoms with Gasteiger partial charge in [0.1, 0.15) is 0 Å². The summed E-state index contributed by atoms with van der Waals surface area (Å²) in [4.78, 5) is 0. The molecule has 0 heterocycles. The minimum Gasteiger partial charge on any atom is -0.384 e. The second-order valence-electron chi connectivity index (χ2n) is 4.10. The van der Waals surface area contributed by atoms with E-state index in [9.17, 15) is 0 Å². The lowest BCUT2D eigenvalue weighted by molar-refractivity contribution is 0.413. The van der Waals surface area contributed by atoms with E-state index in [0.29, 0.717) is 11.8 Å². The summed E-state index contributed by atoms with van der Waals surface area (Å²) in [6.45, 7) is 6.13. The van der Waals surface area contributed by atoms with Crippen LogP contribution in [-0.2, 0) is 0 Å². The fraction of sp³-hybridized carbons (Fsp3) is 0.500. The Hall–Kier alpha value is -0.290. The molecule has 1 unspecified atom stereocenters. The summed E-state index contributed by atoms with van der Waals surface area (Å²) in [5.74, 6) is 1.17. The Morgan fingerprint density at radius 1 is 1.33 bits per heavy atom. The van der Waals surface area contributed by atoms with Crippen LogP contribution in [0.15, 0.2) is 24.3 Å². The van der Waals surface area contributed by atoms with E-state index in [2.05, 4.69) is 66.0 Å². The highest BCUT2D eigenvalue weighted by Gasteiger charge is 2.11. The highest BCUT2D eigenvalue weighted by molar-refractivity contribution is 14.1. The number of nitrogens with one attached hydrogen (secondary N) is 1. The molecular weight excluding hydrogens is 299 g/mol. The lowest BCUT2D eigenvalue weighted by Crippen LogP contribution is -2.27. The Balaban J connectivity index is 2.53. The Bertz CT molecular complexity index is 299. The van der Waals surface area contributed by atoms with Crippen molar-refractivity contribution >= 4 is 28.3 Å². The highest BCUT2D eigenvalue weighted by Crippen LogP contribution is 2.18. The van der Waals surface area contributed by atoms with Gasteiger partial charge < -0.3 is 11.1 Å². The fourth-order valence-electron chi connectivity index (χ4n) is 1.44. The van der Waals surface area contributed by atoms with Gasteiger partial charge in [0.15, 0.2) is 0 Å². The number of hydrogen-bond acceptors (Lipinski definition) is 2. The molecule has 3 heteroatoms. The number of benzene rings is 1. The Labute approximate surface area is 106 Å². The van der Waals surface area contributed by atoms with Gasteiger partial charge in [-0.05, 0) is 53.1 Å². The molecule has 1 aromatic rings. The minimum absolute atomic E-state index is 0.543. The van der Waals surface area contributed by atoms with Gasteiger partial charge in [-0.3, -0.25) is 0 Å². The molecule has 15 heavy (non-hydrogen) atoms. The number of anilines is 1. The molecule has 0 aromatic heterocycles. The van der Waals surface area contributed by atoms with Crippen LogP contribution >= 0.6 is 22.6 Å². The molecule has 0 radical (unpaired) electrons. The molecule has 0 fully saturated rings. The second kappa shape index (κ2) is 6.33. The summed E-state index contributed by atoms with van der Waals surface area (Å²) in [5.41, 5.74) is 6.94. The third-order valence-electron chi connectivity index (χ3n) is 2.67. The number of para-hydroxylation sites is 1. The second-order valence-corrected chi connectivity index (χ2v) is 5.26. The number of hydrogen-bond donors (Lipinski definition) is 2. The van der Waals surface area contributed by atoms with E-state index in [1.54, 1.807) is 0 Å². The largest absolute Gasteiger partial charge is 0.384 e. The summed E-state index contributed by atoms with van der Waals surface area (Å²) in [7, 11) is 0. The van der Waals surface area contributed by atoms with Gasteiger partial charge in [-0.25, -0.2) is 0 Å². The standard InChI is InChI=1S/C12H19IN2/c1-9(2)10(7-14)8-15-12-6-4-3-5-11(12)13/h3-6,9-10,15H,7-8,14H2,1-2H3. The Morgan fingerprint density at radius 2 is 2.00 bits per heavy atom. The van der Waals surface area contributed by atoms with Gasteiger partial charge in [-0.15, -0.1) is 0 Å². The summed E-state index contributed by atoms with van der Waals surface area (Å²) >= 11 is 2.34. The molecule has 0 spiro atoms. The third kappa shape index (κ3) is 3.99. The number of halogens is 1. The van der Waals surface area contributed by atoms with Crippen molar-refractivity contribution in [1.82, 2.24) is 0 Å². The first kappa shape index (κ1) is 12.8. The van der Waals surface area contributed by atoms with Crippen LogP contribution in [0.4, 0.5) is 5.69 Å². The van der Waals surface area contributed by atoms with Crippen molar-refractivity contribution < 1.29 is 0 Å². The van der Waals surface area contributed by atoms with Crippen LogP contribution < -0.4 is 11.1 Å². The maximum Gasteiger partial charge on any atom is 0.0475 e. The molecule has 1 aromatic carbocycles. The average molecular weight is 318 g/mol. The third-order valence-corrected chi connectivity index (χ3v) is 3.61. The van der Waals surface area contributed by atoms with Gasteiger partial charge in [0.05, 0.1) is 0 Å². The first-order valence-corrected chi connectivity index (χ1v) is 6.41. The zero-order valence-electron chi connectivity index (χ0n) is 9.33. The van der Waals surface area contributed by atoms with Crippen LogP contribution in [0.25, 0.3) is 0 Å². The van der Waals surface area contributed by atoms with Gasteiger partial charge in [-0.1, -0.05) is 26.0 Å². The van der Waals surface area contributed by atoms with Crippen LogP contribution in [0.1, 0.15) is 13.8 Å². The monoisotopic (exact) mass is 318 g/mol. The van der Waals surface area contributed by atoms with Crippen molar-refractivity contribution in [1.29, 1.82) is 0 Å². The maximum absolute atomic E-state index is 5.73. The van der Waals surface area contributed by atoms with Crippen LogP contribution in [0.3, 0.4) is 0 Å². The van der Waals surface area contributed by atoms with Crippen LogP contribution in [-0.4, -0.2) is 13.1 Å². The summed E-state index contributed by atoms with van der Waals surface area (Å²) < 4.78 is 1.26. The van der Waals surface area contributed by atoms with E-state index in [0.717, 1.165) is 13.1 Å². The van der Waals surface area contributed by atoms with Gasteiger partial charge in [0, 0.05) is 15.8 Å². The number of nitrogens with two attached hydrogens (primary N) is 1. The van der Waals surface area contributed by atoms with E-state index in [4.69, 9.17) is 5.73 Å². The predicted molar refractivity (Wildman–Crippen MR) is 75.0 cm³/mol. The molecule has 2 nitrogen and oxygen atoms in total. The molecule has 0 aliphatic heterocycles. The quantitative estimate of drug-likeness (QED) is 0.819. The normalized spacial score (nSPS) is 12.9. The highest BCUT2D eigenvalue weighted by atomic mass is 127. The molecule has 0 aliphatic rings. The van der Waals surface area contributed by atoms with Crippen molar-refractivity contribution in [3.8, 4) is 0 Å². The van der Waals surface area contributed by atoms with Gasteiger partial charge in [0.25, 0.3) is 0 Å². The van der Waals surface area contributed by atoms with E-state index in [1.807, 2.05) is 0 Å². The van der Waals surface area contributed by atoms with Crippen LogP contribution in [0.2, 0.25) is 0 Å². The molecule has 84 valence electrons. The van der Waals surface area contributed by atoms with Crippen molar-refractivity contribution in [2.24, 2.45) is 17.6 Å². The minimum atomic E-state index is 0.543. The van der Waals surface area contributed by atoms with Crippen LogP contribution in [0, 0.1) is 15.4 Å². The molecule has 3 N–H and O–H groups in total. The van der Waals surface area contributed by atoms with Gasteiger partial charge in [0.2, 0.25) is 0 Å². The zero-order valence-corrected chi connectivity index (χ0v) is 11.5. The van der Waals surface area contributed by atoms with E-state index in [1.165, 1.54) is 9.26 Å². The molecule has 0 saturated carbocycles. The summed E-state index contributed by atoms with van der Waals surface area (Å²) in [6.07, 6.45) is 0. The lowest BCUT2D eigenvalue weighted by Gasteiger charge is -2.20. The molecule has 1 atom stereocenters. The van der Waals surface area contributed by atoms with Crippen molar-refractivity contribution in [2.75, 3.05) is 18.4 Å². The molecule has 0 bridgehead atoms. The average Bonchev–Trinajstić information content (AvgIpc) is 2.21. The van der Waals surface area contributed by atoms with Crippen molar-refractivity contribution in [3.63, 3.8) is 0 Å². The molecule has 0 aliphatic carbocycles. The smallest absolute Gasteiger partial charge is 0.0475 e. The van der Waals surface area contributed by atoms with E-state index in [-0.39, 0.29) is 0 Å². The molecular formula is C12H19IN2. The first-order chi connectivity index (χ1) is 7.15. The zero-order chi connectivity index (χ0) is 11.3. The Morgan fingerprint density at radius 3 is 2.53 bits per heavy atom. The number of rotatable bonds is 5. The lowest BCUT2D eigenvalue weighted by atomic mass is 9.96. The molecule has 0 amide bonds. The Kier molecular flexibility index (Phi) is 5.39. The van der Waals surface area contributed by atoms with Gasteiger partial charge in [-0.2, -0.15) is 0 Å². The van der Waals surface area contributed by atoms with Crippen LogP contribution in [0.5, 0.6) is 0 Å². The SMILES string of the molecule is CC(C)C(CN)CNc1ccccc1I. The fourth-order valence-corrected chi connectivity index (χ4v) is 2.01. The topological polar surface area (TPSA) is 38.0 Å². The molecule has 1 rings (SSSR count). The first-order valence-electron chi connectivity index (χ1n) is 5.33. The summed E-state index contributed by atoms with van der Waals surface area (Å²) in [6, 6.07) is 8.32. The van der Waals surface area contributed by atoms with E-state index >= 15 is 0 Å². The van der Waals surface area contributed by atoms with E-state index < -0.39 is 0 Å². The molecule has 0 saturated heterocycles. The predicted octanol–water partition coefficient (Wildman–Crippen LogP) is 2.93.